The van der Waals surface area contributed by atoms with Crippen LogP contribution < -0.4 is 0 Å². The van der Waals surface area contributed by atoms with Crippen LogP contribution in [0.15, 0.2) is 72.9 Å². The number of rotatable bonds is 38. The van der Waals surface area contributed by atoms with E-state index in [4.69, 9.17) is 18.5 Å². The first-order valence-electron chi connectivity index (χ1n) is 21.7. The number of esters is 2. The lowest BCUT2D eigenvalue weighted by Gasteiger charge is -2.24. The summed E-state index contributed by atoms with van der Waals surface area (Å²) < 4.78 is 34.2. The van der Waals surface area contributed by atoms with Crippen molar-refractivity contribution in [1.82, 2.24) is 0 Å². The average molecular weight is 807 g/mol. The van der Waals surface area contributed by atoms with Crippen molar-refractivity contribution in [1.29, 1.82) is 0 Å². The monoisotopic (exact) mass is 807 g/mol. The predicted octanol–water partition coefficient (Wildman–Crippen LogP) is 12.2. The van der Waals surface area contributed by atoms with Crippen LogP contribution in [0.25, 0.3) is 0 Å². The Bertz CT molecular complexity index is 1180. The molecule has 1 N–H and O–H groups in total. The van der Waals surface area contributed by atoms with Gasteiger partial charge in [0.1, 0.15) is 19.8 Å². The number of ether oxygens (including phenoxy) is 2. The summed E-state index contributed by atoms with van der Waals surface area (Å²) in [5.74, 6) is -0.912. The standard InChI is InChI=1S/C46H80NO8P/c1-6-8-10-12-14-16-18-20-22-23-25-26-28-30-32-34-36-38-45(48)52-42-44(43-54-56(50,51)53-41-40-47(3,4)5)55-46(49)39-37-35-33-31-29-27-24-21-19-17-15-13-11-9-7-2/h15,17,20-22,24-26,29-32,44H,6-14,16,18-19,23,27-28,33-43H2,1-5H3/p+1/b17-15-,22-20-,24-21-,26-25-,31-29-,32-30-/t44-/m1/s1. The normalized spacial score (nSPS) is 14.3. The Labute approximate surface area is 342 Å². The van der Waals surface area contributed by atoms with Crippen LogP contribution in [0.1, 0.15) is 155 Å². The zero-order valence-corrected chi connectivity index (χ0v) is 37.0. The van der Waals surface area contributed by atoms with Crippen LogP contribution in [-0.2, 0) is 32.7 Å². The van der Waals surface area contributed by atoms with Gasteiger partial charge in [-0.25, -0.2) is 4.57 Å². The second-order valence-corrected chi connectivity index (χ2v) is 16.8. The van der Waals surface area contributed by atoms with Gasteiger partial charge in [-0.2, -0.15) is 0 Å². The third-order valence-corrected chi connectivity index (χ3v) is 9.69. The molecule has 0 radical (unpaired) electrons. The number of hydrogen-bond acceptors (Lipinski definition) is 7. The summed E-state index contributed by atoms with van der Waals surface area (Å²) in [6.45, 7) is 4.26. The highest BCUT2D eigenvalue weighted by Crippen LogP contribution is 2.43. The summed E-state index contributed by atoms with van der Waals surface area (Å²) in [5.41, 5.74) is 0. The van der Waals surface area contributed by atoms with Gasteiger partial charge in [0, 0.05) is 12.8 Å². The fourth-order valence-electron chi connectivity index (χ4n) is 5.27. The maximum absolute atomic E-state index is 12.7. The highest BCUT2D eigenvalue weighted by molar-refractivity contribution is 7.47. The van der Waals surface area contributed by atoms with Crippen LogP contribution in [0.3, 0.4) is 0 Å². The molecule has 56 heavy (non-hydrogen) atoms. The zero-order chi connectivity index (χ0) is 41.4. The maximum Gasteiger partial charge on any atom is 0.472 e. The number of carbonyl (C=O) groups is 2. The second-order valence-electron chi connectivity index (χ2n) is 15.4. The van der Waals surface area contributed by atoms with Crippen LogP contribution in [0.2, 0.25) is 0 Å². The molecular formula is C46H81NO8P+. The fourth-order valence-corrected chi connectivity index (χ4v) is 6.01. The first-order valence-corrected chi connectivity index (χ1v) is 23.2. The van der Waals surface area contributed by atoms with E-state index in [9.17, 15) is 19.0 Å². The Morgan fingerprint density at radius 1 is 0.554 bits per heavy atom. The Morgan fingerprint density at radius 2 is 0.982 bits per heavy atom. The van der Waals surface area contributed by atoms with E-state index >= 15 is 0 Å². The Kier molecular flexibility index (Phi) is 36.3. The molecule has 0 amide bonds. The average Bonchev–Trinajstić information content (AvgIpc) is 3.15. The van der Waals surface area contributed by atoms with Crippen molar-refractivity contribution in [2.24, 2.45) is 0 Å². The van der Waals surface area contributed by atoms with Gasteiger partial charge in [0.25, 0.3) is 0 Å². The van der Waals surface area contributed by atoms with E-state index in [0.717, 1.165) is 57.8 Å². The summed E-state index contributed by atoms with van der Waals surface area (Å²) >= 11 is 0. The van der Waals surface area contributed by atoms with Gasteiger partial charge in [0.15, 0.2) is 6.10 Å². The number of likely N-dealkylation sites (N-methyl/N-ethyl adjacent to an activating group) is 1. The molecule has 0 heterocycles. The molecule has 9 nitrogen and oxygen atoms in total. The summed E-state index contributed by atoms with van der Waals surface area (Å²) in [4.78, 5) is 35.3. The fraction of sp³-hybridized carbons (Fsp3) is 0.696. The van der Waals surface area contributed by atoms with Gasteiger partial charge in [-0.1, -0.05) is 132 Å². The Hall–Kier alpha value is -2.55. The van der Waals surface area contributed by atoms with Crippen molar-refractivity contribution in [3.05, 3.63) is 72.9 Å². The molecule has 1 unspecified atom stereocenters. The Morgan fingerprint density at radius 3 is 1.52 bits per heavy atom. The van der Waals surface area contributed by atoms with Crippen molar-refractivity contribution >= 4 is 19.8 Å². The lowest BCUT2D eigenvalue weighted by molar-refractivity contribution is -0.870. The van der Waals surface area contributed by atoms with Crippen LogP contribution in [0.4, 0.5) is 0 Å². The van der Waals surface area contributed by atoms with Crippen molar-refractivity contribution in [3.63, 3.8) is 0 Å². The molecule has 322 valence electrons. The van der Waals surface area contributed by atoms with Crippen LogP contribution >= 0.6 is 7.82 Å². The molecule has 0 fully saturated rings. The highest BCUT2D eigenvalue weighted by atomic mass is 31.2. The number of allylic oxidation sites excluding steroid dienone is 12. The van der Waals surface area contributed by atoms with Gasteiger partial charge >= 0.3 is 19.8 Å². The highest BCUT2D eigenvalue weighted by Gasteiger charge is 2.27. The van der Waals surface area contributed by atoms with Gasteiger partial charge in [0.2, 0.25) is 0 Å². The topological polar surface area (TPSA) is 108 Å². The third kappa shape index (κ3) is 41.1. The van der Waals surface area contributed by atoms with E-state index in [-0.39, 0.29) is 26.1 Å². The minimum Gasteiger partial charge on any atom is -0.462 e. The zero-order valence-electron chi connectivity index (χ0n) is 36.1. The number of phosphoric ester groups is 1. The van der Waals surface area contributed by atoms with Crippen molar-refractivity contribution in [2.45, 2.75) is 161 Å². The lowest BCUT2D eigenvalue weighted by atomic mass is 10.1. The van der Waals surface area contributed by atoms with Crippen LogP contribution in [-0.4, -0.2) is 74.9 Å². The molecule has 0 aromatic carbocycles. The molecule has 0 aromatic heterocycles. The third-order valence-electron chi connectivity index (χ3n) is 8.71. The van der Waals surface area contributed by atoms with E-state index < -0.39 is 32.5 Å². The van der Waals surface area contributed by atoms with Gasteiger partial charge < -0.3 is 18.9 Å². The number of nitrogens with zero attached hydrogens (tertiary/aromatic N) is 1. The molecule has 0 aromatic rings. The van der Waals surface area contributed by atoms with Crippen molar-refractivity contribution in [3.8, 4) is 0 Å². The molecule has 0 aliphatic heterocycles. The quantitative estimate of drug-likeness (QED) is 0.0216. The Balaban J connectivity index is 4.54. The SMILES string of the molecule is CCCCC/C=C\C/C=C\C/C=C\CCCCC(=O)O[C@H](COC(=O)CCC/C=C\C/C=C\C/C=C\CCCCCCCC)COP(=O)(O)OCC[N+](C)(C)C. The van der Waals surface area contributed by atoms with E-state index in [1.54, 1.807) is 0 Å². The molecule has 2 atom stereocenters. The minimum atomic E-state index is -4.40. The molecule has 0 spiro atoms. The molecule has 0 bridgehead atoms. The summed E-state index contributed by atoms with van der Waals surface area (Å²) in [6.07, 6.45) is 46.8. The van der Waals surface area contributed by atoms with E-state index in [1.165, 1.54) is 57.8 Å². The summed E-state index contributed by atoms with van der Waals surface area (Å²) in [5, 5.41) is 0. The van der Waals surface area contributed by atoms with Gasteiger partial charge in [-0.3, -0.25) is 18.6 Å². The largest absolute Gasteiger partial charge is 0.472 e. The molecular weight excluding hydrogens is 725 g/mol. The second kappa shape index (κ2) is 38.0. The van der Waals surface area contributed by atoms with Gasteiger partial charge in [-0.15, -0.1) is 0 Å². The maximum atomic E-state index is 12.7. The number of carbonyl (C=O) groups excluding carboxylic acids is 2. The van der Waals surface area contributed by atoms with Gasteiger partial charge in [-0.05, 0) is 83.5 Å². The van der Waals surface area contributed by atoms with Crippen LogP contribution in [0.5, 0.6) is 0 Å². The molecule has 0 aliphatic carbocycles. The first kappa shape index (κ1) is 53.5. The molecule has 10 heteroatoms. The number of hydrogen-bond donors (Lipinski definition) is 1. The van der Waals surface area contributed by atoms with Crippen molar-refractivity contribution < 1.29 is 42.1 Å². The van der Waals surface area contributed by atoms with E-state index in [1.807, 2.05) is 21.1 Å². The number of quaternary nitrogens is 1. The molecule has 0 saturated heterocycles. The predicted molar refractivity (Wildman–Crippen MR) is 233 cm³/mol. The van der Waals surface area contributed by atoms with E-state index in [2.05, 4.69) is 86.8 Å². The number of unbranched alkanes of at least 4 members (excludes halogenated alkanes) is 12. The molecule has 0 rings (SSSR count). The minimum absolute atomic E-state index is 0.0133. The molecule has 0 saturated carbocycles. The van der Waals surface area contributed by atoms with Gasteiger partial charge in [0.05, 0.1) is 27.7 Å². The van der Waals surface area contributed by atoms with Crippen LogP contribution in [0, 0.1) is 0 Å². The van der Waals surface area contributed by atoms with Crippen molar-refractivity contribution in [2.75, 3.05) is 47.5 Å². The molecule has 0 aliphatic rings. The smallest absolute Gasteiger partial charge is 0.462 e. The number of phosphoric acid groups is 1. The van der Waals surface area contributed by atoms with E-state index in [0.29, 0.717) is 23.9 Å². The summed E-state index contributed by atoms with van der Waals surface area (Å²) in [7, 11) is 1.41. The first-order chi connectivity index (χ1) is 27.0. The summed E-state index contributed by atoms with van der Waals surface area (Å²) in [6, 6.07) is 0. The lowest BCUT2D eigenvalue weighted by Crippen LogP contribution is -2.37.